The molecule has 0 bridgehead atoms. The molecule has 1 unspecified atom stereocenters. The highest BCUT2D eigenvalue weighted by molar-refractivity contribution is 8.48. The lowest BCUT2D eigenvalue weighted by Gasteiger charge is -2.30. The lowest BCUT2D eigenvalue weighted by atomic mass is 10.8. The summed E-state index contributed by atoms with van der Waals surface area (Å²) < 4.78 is 3.45. The minimum Gasteiger partial charge on any atom is -0.290 e. The maximum atomic E-state index is 3.45. The molecule has 3 heteroatoms. The molecule has 0 aromatic carbocycles. The van der Waals surface area contributed by atoms with Gasteiger partial charge in [-0.05, 0) is 12.0 Å². The van der Waals surface area contributed by atoms with E-state index in [0.717, 1.165) is 6.54 Å². The zero-order valence-electron chi connectivity index (χ0n) is 6.32. The van der Waals surface area contributed by atoms with Crippen LogP contribution in [0, 0.1) is 0 Å². The van der Waals surface area contributed by atoms with E-state index in [4.69, 9.17) is 0 Å². The molecule has 8 heavy (non-hydrogen) atoms. The summed E-state index contributed by atoms with van der Waals surface area (Å²) in [7, 11) is 1.88. The third-order valence-corrected chi connectivity index (χ3v) is 3.77. The van der Waals surface area contributed by atoms with Crippen LogP contribution in [0.2, 0.25) is 0 Å². The summed E-state index contributed by atoms with van der Waals surface area (Å²) in [6, 6.07) is 0. The zero-order chi connectivity index (χ0) is 6.62. The SMILES string of the molecule is BS(C)(CC)NCC. The minimum atomic E-state index is -0.420. The van der Waals surface area contributed by atoms with Gasteiger partial charge < -0.3 is 0 Å². The van der Waals surface area contributed by atoms with Crippen molar-refractivity contribution in [1.82, 2.24) is 4.72 Å². The average molecular weight is 133 g/mol. The van der Waals surface area contributed by atoms with Crippen molar-refractivity contribution in [1.29, 1.82) is 0 Å². The molecule has 0 aliphatic rings. The highest BCUT2D eigenvalue weighted by Gasteiger charge is 2.03. The van der Waals surface area contributed by atoms with E-state index < -0.39 is 10.1 Å². The number of hydrogen-bond donors (Lipinski definition) is 1. The van der Waals surface area contributed by atoms with Crippen LogP contribution in [0.5, 0.6) is 0 Å². The Kier molecular flexibility index (Phi) is 3.57. The van der Waals surface area contributed by atoms with Crippen LogP contribution in [-0.2, 0) is 0 Å². The molecular formula is C5H16BNS. The summed E-state index contributed by atoms with van der Waals surface area (Å²) in [5, 5.41) is 0. The first-order chi connectivity index (χ1) is 3.62. The normalized spacial score (nSPS) is 21.9. The Morgan fingerprint density at radius 3 is 2.12 bits per heavy atom. The predicted molar refractivity (Wildman–Crippen MR) is 46.3 cm³/mol. The van der Waals surface area contributed by atoms with Crippen molar-refractivity contribution in [2.75, 3.05) is 18.6 Å². The third-order valence-electron chi connectivity index (χ3n) is 1.26. The van der Waals surface area contributed by atoms with E-state index in [0.29, 0.717) is 0 Å². The van der Waals surface area contributed by atoms with Crippen LogP contribution in [0.1, 0.15) is 13.8 Å². The van der Waals surface area contributed by atoms with Crippen molar-refractivity contribution < 1.29 is 0 Å². The first-order valence-corrected chi connectivity index (χ1v) is 5.70. The molecule has 50 valence electrons. The van der Waals surface area contributed by atoms with Gasteiger partial charge in [0.05, 0.1) is 0 Å². The van der Waals surface area contributed by atoms with E-state index >= 15 is 0 Å². The first-order valence-electron chi connectivity index (χ1n) is 3.08. The van der Waals surface area contributed by atoms with Gasteiger partial charge in [-0.15, -0.1) is 0 Å². The van der Waals surface area contributed by atoms with Gasteiger partial charge in [0, 0.05) is 6.54 Å². The van der Waals surface area contributed by atoms with E-state index in [1.807, 2.05) is 0 Å². The fourth-order valence-electron chi connectivity index (χ4n) is 0.493. The lowest BCUT2D eigenvalue weighted by molar-refractivity contribution is 1.02. The van der Waals surface area contributed by atoms with Gasteiger partial charge >= 0.3 is 0 Å². The molecule has 0 radical (unpaired) electrons. The Bertz CT molecular complexity index is 65.4. The molecule has 0 fully saturated rings. The highest BCUT2D eigenvalue weighted by atomic mass is 32.3. The Morgan fingerprint density at radius 2 is 2.00 bits per heavy atom. The molecule has 0 aromatic heterocycles. The highest BCUT2D eigenvalue weighted by Crippen LogP contribution is 2.31. The fraction of sp³-hybridized carbons (Fsp3) is 1.00. The van der Waals surface area contributed by atoms with Crippen LogP contribution in [-0.4, -0.2) is 25.7 Å². The number of rotatable bonds is 3. The van der Waals surface area contributed by atoms with Crippen LogP contribution >= 0.6 is 10.1 Å². The van der Waals surface area contributed by atoms with E-state index in [9.17, 15) is 0 Å². The van der Waals surface area contributed by atoms with Crippen molar-refractivity contribution in [3.63, 3.8) is 0 Å². The maximum absolute atomic E-state index is 3.45. The van der Waals surface area contributed by atoms with Crippen molar-refractivity contribution >= 4 is 17.2 Å². The molecule has 0 amide bonds. The van der Waals surface area contributed by atoms with Gasteiger partial charge in [-0.2, -0.15) is 0 Å². The topological polar surface area (TPSA) is 12.0 Å². The summed E-state index contributed by atoms with van der Waals surface area (Å²) in [5.74, 6) is 1.28. The van der Waals surface area contributed by atoms with Crippen molar-refractivity contribution in [3.05, 3.63) is 0 Å². The van der Waals surface area contributed by atoms with E-state index in [1.54, 1.807) is 0 Å². The van der Waals surface area contributed by atoms with Crippen LogP contribution in [0.4, 0.5) is 0 Å². The van der Waals surface area contributed by atoms with Gasteiger partial charge in [0.1, 0.15) is 0 Å². The van der Waals surface area contributed by atoms with E-state index in [2.05, 4.69) is 32.0 Å². The van der Waals surface area contributed by atoms with Crippen molar-refractivity contribution in [3.8, 4) is 0 Å². The average Bonchev–Trinajstić information content (AvgIpc) is 1.67. The summed E-state index contributed by atoms with van der Waals surface area (Å²) in [6.45, 7) is 5.50. The third kappa shape index (κ3) is 3.39. The van der Waals surface area contributed by atoms with Crippen LogP contribution in [0.3, 0.4) is 0 Å². The monoisotopic (exact) mass is 133 g/mol. The van der Waals surface area contributed by atoms with Gasteiger partial charge in [0.15, 0.2) is 7.12 Å². The van der Waals surface area contributed by atoms with Crippen molar-refractivity contribution in [2.45, 2.75) is 13.8 Å². The Balaban J connectivity index is 3.37. The first kappa shape index (κ1) is 8.37. The molecule has 0 aliphatic heterocycles. The summed E-state index contributed by atoms with van der Waals surface area (Å²) in [5.41, 5.74) is 0. The molecule has 1 atom stereocenters. The standard InChI is InChI=1S/C5H16BNS/c1-4-7-8(3,6)5-2/h7H,4-6H2,1-3H3. The second-order valence-electron chi connectivity index (χ2n) is 2.32. The molecule has 0 aliphatic carbocycles. The smallest absolute Gasteiger partial charge is 0.169 e. The summed E-state index contributed by atoms with van der Waals surface area (Å²) in [4.78, 5) is 0. The largest absolute Gasteiger partial charge is 0.290 e. The number of hydrogen-bond acceptors (Lipinski definition) is 1. The summed E-state index contributed by atoms with van der Waals surface area (Å²) >= 11 is 0. The predicted octanol–water partition coefficient (Wildman–Crippen LogP) is 0.513. The van der Waals surface area contributed by atoms with E-state index in [1.165, 1.54) is 5.75 Å². The lowest BCUT2D eigenvalue weighted by Crippen LogP contribution is -2.20. The Hall–Kier alpha value is 0.375. The molecule has 0 aromatic rings. The van der Waals surface area contributed by atoms with E-state index in [-0.39, 0.29) is 0 Å². The number of nitrogens with one attached hydrogen (secondary N) is 1. The molecule has 0 saturated heterocycles. The van der Waals surface area contributed by atoms with Gasteiger partial charge in [0.25, 0.3) is 0 Å². The zero-order valence-corrected chi connectivity index (χ0v) is 7.14. The van der Waals surface area contributed by atoms with Crippen LogP contribution in [0.25, 0.3) is 0 Å². The van der Waals surface area contributed by atoms with Gasteiger partial charge in [0.2, 0.25) is 0 Å². The molecule has 0 heterocycles. The van der Waals surface area contributed by atoms with Crippen molar-refractivity contribution in [2.24, 2.45) is 0 Å². The van der Waals surface area contributed by atoms with Gasteiger partial charge in [-0.1, -0.05) is 13.8 Å². The second-order valence-corrected chi connectivity index (χ2v) is 6.27. The minimum absolute atomic E-state index is 0.420. The fourth-order valence-corrected chi connectivity index (χ4v) is 1.48. The molecule has 0 spiro atoms. The maximum Gasteiger partial charge on any atom is 0.169 e. The molecule has 1 nitrogen and oxygen atoms in total. The second kappa shape index (κ2) is 3.41. The quantitative estimate of drug-likeness (QED) is 0.553. The van der Waals surface area contributed by atoms with Crippen LogP contribution < -0.4 is 4.72 Å². The molecule has 1 N–H and O–H groups in total. The van der Waals surface area contributed by atoms with Gasteiger partial charge in [-0.3, -0.25) is 4.72 Å². The Labute approximate surface area is 55.0 Å². The molecular weight excluding hydrogens is 117 g/mol. The van der Waals surface area contributed by atoms with Crippen LogP contribution in [0.15, 0.2) is 0 Å². The molecule has 0 saturated carbocycles. The Morgan fingerprint density at radius 1 is 1.50 bits per heavy atom. The summed E-state index contributed by atoms with van der Waals surface area (Å²) in [6.07, 6.45) is 2.30. The molecule has 0 rings (SSSR count). The van der Waals surface area contributed by atoms with Gasteiger partial charge in [-0.25, -0.2) is 10.1 Å².